The Bertz CT molecular complexity index is 1370. The summed E-state index contributed by atoms with van der Waals surface area (Å²) in [4.78, 5) is 35.6. The third-order valence-electron chi connectivity index (χ3n) is 12.6. The fraction of sp³-hybridized carbons (Fsp3) is 0.688. The maximum atomic E-state index is 14.4. The van der Waals surface area contributed by atoms with E-state index in [4.69, 9.17) is 15.2 Å². The van der Waals surface area contributed by atoms with Crippen molar-refractivity contribution in [3.8, 4) is 0 Å². The summed E-state index contributed by atoms with van der Waals surface area (Å²) < 4.78 is 12.3. The maximum Gasteiger partial charge on any atom is 0.336 e. The number of nitrogen functional groups attached to an aromatic ring is 1. The number of ether oxygens (including phenoxy) is 2. The minimum atomic E-state index is -0.892. The van der Waals surface area contributed by atoms with Crippen molar-refractivity contribution in [2.45, 2.75) is 90.1 Å². The van der Waals surface area contributed by atoms with Crippen LogP contribution in [0.15, 0.2) is 29.6 Å². The van der Waals surface area contributed by atoms with Crippen molar-refractivity contribution in [1.82, 2.24) is 9.97 Å². The van der Waals surface area contributed by atoms with Gasteiger partial charge in [-0.2, -0.15) is 0 Å². The zero-order chi connectivity index (χ0) is 29.1. The molecular weight excluding hydrogens is 522 g/mol. The van der Waals surface area contributed by atoms with Crippen molar-refractivity contribution < 1.29 is 29.3 Å². The Morgan fingerprint density at radius 1 is 1.15 bits per heavy atom. The molecule has 4 N–H and O–H groups in total. The number of epoxide rings is 1. The quantitative estimate of drug-likeness (QED) is 0.371. The summed E-state index contributed by atoms with van der Waals surface area (Å²) in [6.07, 6.45) is 8.86. The Balaban J connectivity index is 1.18. The third-order valence-corrected chi connectivity index (χ3v) is 12.6. The number of aliphatic hydroxyl groups excluding tert-OH is 2. The minimum Gasteiger partial charge on any atom is -0.458 e. The second-order valence-electron chi connectivity index (χ2n) is 14.0. The number of rotatable bonds is 4. The van der Waals surface area contributed by atoms with Gasteiger partial charge >= 0.3 is 5.97 Å². The molecular formula is C32H41N3O6. The molecule has 1 spiro atoms. The SMILES string of the molecule is CC1=C(CO)C(=O)OC([C@@H](C)[C@H]2CC[C@H]3[C@@H]4C[C@H]5O[C@]56[C@@H](O)C=C(c5cnc(N)cn5)C(=O)[C@]6(C)[C@H]4CC[C@]23C)C1. The first-order chi connectivity index (χ1) is 19.5. The summed E-state index contributed by atoms with van der Waals surface area (Å²) in [7, 11) is 0. The Morgan fingerprint density at radius 3 is 2.61 bits per heavy atom. The number of cyclic esters (lactones) is 1. The molecule has 220 valence electrons. The number of aromatic nitrogens is 2. The maximum absolute atomic E-state index is 14.4. The van der Waals surface area contributed by atoms with Crippen LogP contribution in [0.2, 0.25) is 0 Å². The second kappa shape index (κ2) is 8.94. The van der Waals surface area contributed by atoms with Crippen LogP contribution in [-0.4, -0.2) is 62.5 Å². The predicted molar refractivity (Wildman–Crippen MR) is 150 cm³/mol. The normalized spacial score (nSPS) is 45.6. The van der Waals surface area contributed by atoms with E-state index in [1.54, 1.807) is 6.08 Å². The van der Waals surface area contributed by atoms with Crippen molar-refractivity contribution in [2.24, 2.45) is 40.4 Å². The van der Waals surface area contributed by atoms with E-state index in [1.165, 1.54) is 12.4 Å². The highest BCUT2D eigenvalue weighted by molar-refractivity contribution is 6.24. The number of aliphatic hydroxyl groups is 2. The van der Waals surface area contributed by atoms with E-state index in [0.29, 0.717) is 41.0 Å². The Labute approximate surface area is 240 Å². The molecule has 1 aromatic rings. The van der Waals surface area contributed by atoms with Crippen LogP contribution in [0.25, 0.3) is 5.57 Å². The van der Waals surface area contributed by atoms with E-state index >= 15 is 0 Å². The Morgan fingerprint density at radius 2 is 1.93 bits per heavy atom. The molecule has 6 aliphatic rings. The van der Waals surface area contributed by atoms with Gasteiger partial charge in [0.05, 0.1) is 41.8 Å². The van der Waals surface area contributed by atoms with Gasteiger partial charge in [-0.3, -0.25) is 9.78 Å². The first-order valence-electron chi connectivity index (χ1n) is 15.2. The number of anilines is 1. The Hall–Kier alpha value is -2.62. The molecule has 4 fully saturated rings. The smallest absolute Gasteiger partial charge is 0.336 e. The number of nitrogens with two attached hydrogens (primary N) is 1. The topological polar surface area (TPSA) is 148 Å². The van der Waals surface area contributed by atoms with Crippen LogP contribution in [0.1, 0.15) is 71.9 Å². The van der Waals surface area contributed by atoms with Gasteiger partial charge < -0.3 is 25.4 Å². The van der Waals surface area contributed by atoms with Crippen molar-refractivity contribution in [2.75, 3.05) is 12.3 Å². The summed E-state index contributed by atoms with van der Waals surface area (Å²) in [5, 5.41) is 21.1. The highest BCUT2D eigenvalue weighted by Crippen LogP contribution is 2.73. The van der Waals surface area contributed by atoms with Crippen molar-refractivity contribution in [1.29, 1.82) is 0 Å². The van der Waals surface area contributed by atoms with Crippen LogP contribution in [0.3, 0.4) is 0 Å². The van der Waals surface area contributed by atoms with Gasteiger partial charge in [-0.1, -0.05) is 19.4 Å². The number of ketones is 1. The first kappa shape index (κ1) is 27.2. The van der Waals surface area contributed by atoms with Gasteiger partial charge in [0.2, 0.25) is 0 Å². The average Bonchev–Trinajstić information content (AvgIpc) is 3.58. The molecule has 2 aliphatic heterocycles. The zero-order valence-electron chi connectivity index (χ0n) is 24.3. The lowest BCUT2D eigenvalue weighted by molar-refractivity contribution is -0.155. The van der Waals surface area contributed by atoms with E-state index < -0.39 is 17.1 Å². The molecule has 0 radical (unpaired) electrons. The van der Waals surface area contributed by atoms with Crippen LogP contribution in [0.4, 0.5) is 5.82 Å². The average molecular weight is 564 g/mol. The largest absolute Gasteiger partial charge is 0.458 e. The summed E-state index contributed by atoms with van der Waals surface area (Å²) >= 11 is 0. The van der Waals surface area contributed by atoms with Crippen LogP contribution in [0, 0.1) is 40.4 Å². The fourth-order valence-corrected chi connectivity index (χ4v) is 10.5. The number of hydrogen-bond acceptors (Lipinski definition) is 9. The number of esters is 1. The lowest BCUT2D eigenvalue weighted by Gasteiger charge is -2.58. The van der Waals surface area contributed by atoms with E-state index in [0.717, 1.165) is 37.7 Å². The monoisotopic (exact) mass is 563 g/mol. The van der Waals surface area contributed by atoms with Crippen LogP contribution >= 0.6 is 0 Å². The van der Waals surface area contributed by atoms with Gasteiger partial charge in [-0.15, -0.1) is 0 Å². The molecule has 1 saturated heterocycles. The Kier molecular flexibility index (Phi) is 5.94. The summed E-state index contributed by atoms with van der Waals surface area (Å²) in [5.41, 5.74) is 6.23. The first-order valence-corrected chi connectivity index (χ1v) is 15.2. The number of carbonyl (C=O) groups excluding carboxylic acids is 2. The number of allylic oxidation sites excluding steroid dienone is 1. The molecule has 9 heteroatoms. The summed E-state index contributed by atoms with van der Waals surface area (Å²) in [6, 6.07) is 0. The number of hydrogen-bond donors (Lipinski definition) is 3. The molecule has 1 unspecified atom stereocenters. The summed E-state index contributed by atoms with van der Waals surface area (Å²) in [5.74, 6) is 1.28. The number of carbonyl (C=O) groups is 2. The fourth-order valence-electron chi connectivity index (χ4n) is 10.5. The predicted octanol–water partition coefficient (Wildman–Crippen LogP) is 3.25. The molecule has 0 amide bonds. The van der Waals surface area contributed by atoms with E-state index in [9.17, 15) is 19.8 Å². The number of nitrogens with zero attached hydrogens (tertiary/aromatic N) is 2. The van der Waals surface area contributed by atoms with Crippen molar-refractivity contribution in [3.05, 3.63) is 35.3 Å². The van der Waals surface area contributed by atoms with Crippen molar-refractivity contribution in [3.63, 3.8) is 0 Å². The molecule has 11 atom stereocenters. The lowest BCUT2D eigenvalue weighted by Crippen LogP contribution is -2.64. The molecule has 3 saturated carbocycles. The molecule has 3 heterocycles. The van der Waals surface area contributed by atoms with E-state index in [1.807, 2.05) is 13.8 Å². The molecule has 0 aromatic carbocycles. The molecule has 4 aliphatic carbocycles. The van der Waals surface area contributed by atoms with Gasteiger partial charge in [0.1, 0.15) is 23.6 Å². The van der Waals surface area contributed by atoms with E-state index in [2.05, 4.69) is 23.8 Å². The van der Waals surface area contributed by atoms with Crippen LogP contribution in [-0.2, 0) is 19.1 Å². The standard InChI is InChI=1S/C32H41N3O6/c1-15-9-24(40-29(39)19(15)14-36)16(2)20-5-6-21-17-11-26-32(41-26)25(37)10-18(23-12-35-27(33)13-34-23)28(38)31(32,4)22(17)7-8-30(20,21)3/h10,12-13,16-17,20-22,24-26,36-37H,5-9,11,14H2,1-4H3,(H2,33,35)/t16-,17-,20+,21-,22-,24?,25-,26+,30+,31-,32+/m0/s1. The molecule has 1 aromatic heterocycles. The zero-order valence-corrected chi connectivity index (χ0v) is 24.3. The molecule has 9 nitrogen and oxygen atoms in total. The van der Waals surface area contributed by atoms with Gasteiger partial charge in [0, 0.05) is 12.0 Å². The summed E-state index contributed by atoms with van der Waals surface area (Å²) in [6.45, 7) is 8.31. The van der Waals surface area contributed by atoms with Gasteiger partial charge in [-0.05, 0) is 87.0 Å². The van der Waals surface area contributed by atoms with Gasteiger partial charge in [0.15, 0.2) is 5.78 Å². The van der Waals surface area contributed by atoms with Crippen molar-refractivity contribution >= 4 is 23.1 Å². The lowest BCUT2D eigenvalue weighted by atomic mass is 9.43. The molecule has 7 rings (SSSR count). The van der Waals surface area contributed by atoms with E-state index in [-0.39, 0.29) is 53.6 Å². The van der Waals surface area contributed by atoms with Crippen LogP contribution in [0.5, 0.6) is 0 Å². The number of fused-ring (bicyclic) bond motifs is 4. The molecule has 0 bridgehead atoms. The minimum absolute atomic E-state index is 0.0124. The number of Topliss-reactive ketones (excluding diaryl/α,β-unsaturated/α-hetero) is 1. The molecule has 41 heavy (non-hydrogen) atoms. The second-order valence-corrected chi connectivity index (χ2v) is 14.0. The highest BCUT2D eigenvalue weighted by Gasteiger charge is 2.81. The highest BCUT2D eigenvalue weighted by atomic mass is 16.6. The van der Waals surface area contributed by atoms with Gasteiger partial charge in [-0.25, -0.2) is 9.78 Å². The third kappa shape index (κ3) is 3.45. The van der Waals surface area contributed by atoms with Crippen LogP contribution < -0.4 is 5.73 Å². The van der Waals surface area contributed by atoms with Gasteiger partial charge in [0.25, 0.3) is 0 Å².